The second kappa shape index (κ2) is 7.04. The van der Waals surface area contributed by atoms with E-state index in [-0.39, 0.29) is 24.4 Å². The summed E-state index contributed by atoms with van der Waals surface area (Å²) in [6.07, 6.45) is -2.10. The van der Waals surface area contributed by atoms with Crippen molar-refractivity contribution in [3.63, 3.8) is 0 Å². The van der Waals surface area contributed by atoms with E-state index in [0.29, 0.717) is 6.61 Å². The Hall–Kier alpha value is -1.02. The molecule has 0 N–H and O–H groups in total. The van der Waals surface area contributed by atoms with Crippen LogP contribution >= 0.6 is 0 Å². The standard InChI is InChI=1S/C16H22O6/c1-17-13-12-11(21-16(19-3)14(13)18-2)9-20-15(22-12)10-7-5-4-6-8-10/h4-8,11-16H,9H2,1-3H3/t11-,12+,13+,14-,15+,16-/m1/s1. The zero-order valence-electron chi connectivity index (χ0n) is 13.0. The highest BCUT2D eigenvalue weighted by Gasteiger charge is 2.50. The molecular formula is C16H22O6. The summed E-state index contributed by atoms with van der Waals surface area (Å²) in [6, 6.07) is 9.82. The van der Waals surface area contributed by atoms with Gasteiger partial charge in [-0.2, -0.15) is 0 Å². The molecule has 0 radical (unpaired) electrons. The predicted octanol–water partition coefficient (Wildman–Crippen LogP) is 1.50. The molecule has 122 valence electrons. The molecule has 0 bridgehead atoms. The van der Waals surface area contributed by atoms with Gasteiger partial charge in [0, 0.05) is 26.9 Å². The molecule has 2 fully saturated rings. The molecule has 3 rings (SSSR count). The van der Waals surface area contributed by atoms with Crippen molar-refractivity contribution in [3.8, 4) is 0 Å². The van der Waals surface area contributed by atoms with Gasteiger partial charge in [-0.3, -0.25) is 0 Å². The first-order valence-corrected chi connectivity index (χ1v) is 7.34. The van der Waals surface area contributed by atoms with Crippen LogP contribution in [0.2, 0.25) is 0 Å². The minimum atomic E-state index is -0.503. The van der Waals surface area contributed by atoms with E-state index >= 15 is 0 Å². The molecule has 0 amide bonds. The van der Waals surface area contributed by atoms with Gasteiger partial charge in [-0.1, -0.05) is 30.3 Å². The predicted molar refractivity (Wildman–Crippen MR) is 77.3 cm³/mol. The van der Waals surface area contributed by atoms with E-state index < -0.39 is 12.6 Å². The molecule has 0 aromatic heterocycles. The zero-order chi connectivity index (χ0) is 15.5. The van der Waals surface area contributed by atoms with Crippen LogP contribution in [0.5, 0.6) is 0 Å². The normalized spacial score (nSPS) is 38.5. The first kappa shape index (κ1) is 15.9. The molecule has 0 unspecified atom stereocenters. The molecule has 2 saturated heterocycles. The monoisotopic (exact) mass is 310 g/mol. The molecule has 1 aromatic carbocycles. The van der Waals surface area contributed by atoms with Gasteiger partial charge in [0.05, 0.1) is 6.61 Å². The third kappa shape index (κ3) is 2.90. The Morgan fingerprint density at radius 3 is 2.27 bits per heavy atom. The van der Waals surface area contributed by atoms with E-state index in [0.717, 1.165) is 5.56 Å². The van der Waals surface area contributed by atoms with Gasteiger partial charge < -0.3 is 28.4 Å². The summed E-state index contributed by atoms with van der Waals surface area (Å²) in [5.74, 6) is 0. The van der Waals surface area contributed by atoms with Crippen LogP contribution in [-0.2, 0) is 28.4 Å². The maximum atomic E-state index is 6.10. The SMILES string of the molecule is CO[C@@H]1O[C@@H]2CO[C@H](c3ccccc3)O[C@@H]2[C@H](OC)[C@H]1OC. The van der Waals surface area contributed by atoms with E-state index in [1.165, 1.54) is 0 Å². The summed E-state index contributed by atoms with van der Waals surface area (Å²) in [6.45, 7) is 0.417. The largest absolute Gasteiger partial charge is 0.376 e. The summed E-state index contributed by atoms with van der Waals surface area (Å²) >= 11 is 0. The quantitative estimate of drug-likeness (QED) is 0.840. The Morgan fingerprint density at radius 1 is 0.909 bits per heavy atom. The number of hydrogen-bond acceptors (Lipinski definition) is 6. The van der Waals surface area contributed by atoms with Gasteiger partial charge in [-0.05, 0) is 0 Å². The lowest BCUT2D eigenvalue weighted by molar-refractivity contribution is -0.363. The summed E-state index contributed by atoms with van der Waals surface area (Å²) in [4.78, 5) is 0. The number of fused-ring (bicyclic) bond motifs is 1. The molecule has 2 aliphatic rings. The van der Waals surface area contributed by atoms with Crippen LogP contribution in [0.15, 0.2) is 30.3 Å². The van der Waals surface area contributed by atoms with Crippen LogP contribution in [-0.4, -0.2) is 58.6 Å². The lowest BCUT2D eigenvalue weighted by Crippen LogP contribution is -2.63. The number of rotatable bonds is 4. The molecule has 6 heteroatoms. The minimum Gasteiger partial charge on any atom is -0.376 e. The van der Waals surface area contributed by atoms with Gasteiger partial charge in [0.2, 0.25) is 0 Å². The summed E-state index contributed by atoms with van der Waals surface area (Å²) in [7, 11) is 4.84. The Labute approximate surface area is 130 Å². The topological polar surface area (TPSA) is 55.4 Å². The summed E-state index contributed by atoms with van der Waals surface area (Å²) in [5, 5.41) is 0. The second-order valence-electron chi connectivity index (χ2n) is 5.36. The van der Waals surface area contributed by atoms with Gasteiger partial charge in [-0.25, -0.2) is 0 Å². The lowest BCUT2D eigenvalue weighted by Gasteiger charge is -2.48. The molecule has 1 aromatic rings. The fourth-order valence-electron chi connectivity index (χ4n) is 3.03. The molecule has 6 atom stereocenters. The van der Waals surface area contributed by atoms with Crippen molar-refractivity contribution in [1.82, 2.24) is 0 Å². The summed E-state index contributed by atoms with van der Waals surface area (Å²) < 4.78 is 34.2. The Morgan fingerprint density at radius 2 is 1.64 bits per heavy atom. The van der Waals surface area contributed by atoms with E-state index in [9.17, 15) is 0 Å². The third-order valence-corrected chi connectivity index (χ3v) is 4.13. The van der Waals surface area contributed by atoms with Crippen LogP contribution < -0.4 is 0 Å². The fourth-order valence-corrected chi connectivity index (χ4v) is 3.03. The first-order valence-electron chi connectivity index (χ1n) is 7.34. The van der Waals surface area contributed by atoms with Gasteiger partial charge >= 0.3 is 0 Å². The van der Waals surface area contributed by atoms with Gasteiger partial charge in [0.25, 0.3) is 0 Å². The van der Waals surface area contributed by atoms with Crippen LogP contribution in [0.25, 0.3) is 0 Å². The van der Waals surface area contributed by atoms with Crippen molar-refractivity contribution in [2.75, 3.05) is 27.9 Å². The maximum absolute atomic E-state index is 6.10. The lowest BCUT2D eigenvalue weighted by atomic mass is 9.97. The van der Waals surface area contributed by atoms with Crippen LogP contribution in [0, 0.1) is 0 Å². The molecule has 6 nitrogen and oxygen atoms in total. The molecule has 2 heterocycles. The Bertz CT molecular complexity index is 467. The first-order chi connectivity index (χ1) is 10.8. The van der Waals surface area contributed by atoms with Gasteiger partial charge in [0.15, 0.2) is 12.6 Å². The number of methoxy groups -OCH3 is 3. The van der Waals surface area contributed by atoms with Crippen LogP contribution in [0.1, 0.15) is 11.9 Å². The van der Waals surface area contributed by atoms with E-state index in [2.05, 4.69) is 0 Å². The van der Waals surface area contributed by atoms with Crippen molar-refractivity contribution in [1.29, 1.82) is 0 Å². The van der Waals surface area contributed by atoms with Gasteiger partial charge in [0.1, 0.15) is 24.4 Å². The average molecular weight is 310 g/mol. The minimum absolute atomic E-state index is 0.249. The average Bonchev–Trinajstić information content (AvgIpc) is 2.60. The van der Waals surface area contributed by atoms with E-state index in [1.54, 1.807) is 21.3 Å². The maximum Gasteiger partial charge on any atom is 0.186 e. The Kier molecular flexibility index (Phi) is 5.07. The number of ether oxygens (including phenoxy) is 6. The zero-order valence-corrected chi connectivity index (χ0v) is 13.0. The molecule has 0 saturated carbocycles. The molecule has 0 spiro atoms. The number of benzene rings is 1. The van der Waals surface area contributed by atoms with Crippen molar-refractivity contribution in [2.24, 2.45) is 0 Å². The van der Waals surface area contributed by atoms with Crippen molar-refractivity contribution < 1.29 is 28.4 Å². The van der Waals surface area contributed by atoms with Crippen molar-refractivity contribution in [2.45, 2.75) is 37.0 Å². The Balaban J connectivity index is 1.79. The highest BCUT2D eigenvalue weighted by Crippen LogP contribution is 2.35. The van der Waals surface area contributed by atoms with Crippen molar-refractivity contribution >= 4 is 0 Å². The highest BCUT2D eigenvalue weighted by atomic mass is 16.8. The third-order valence-electron chi connectivity index (χ3n) is 4.13. The van der Waals surface area contributed by atoms with Crippen LogP contribution in [0.4, 0.5) is 0 Å². The second-order valence-corrected chi connectivity index (χ2v) is 5.36. The number of hydrogen-bond donors (Lipinski definition) is 0. The van der Waals surface area contributed by atoms with E-state index in [4.69, 9.17) is 28.4 Å². The molecule has 2 aliphatic heterocycles. The van der Waals surface area contributed by atoms with E-state index in [1.807, 2.05) is 30.3 Å². The highest BCUT2D eigenvalue weighted by molar-refractivity contribution is 5.16. The van der Waals surface area contributed by atoms with Crippen molar-refractivity contribution in [3.05, 3.63) is 35.9 Å². The molecule has 0 aliphatic carbocycles. The molecule has 22 heavy (non-hydrogen) atoms. The van der Waals surface area contributed by atoms with Crippen LogP contribution in [0.3, 0.4) is 0 Å². The molecular weight excluding hydrogens is 288 g/mol. The summed E-state index contributed by atoms with van der Waals surface area (Å²) in [5.41, 5.74) is 0.971. The fraction of sp³-hybridized carbons (Fsp3) is 0.625. The van der Waals surface area contributed by atoms with Gasteiger partial charge in [-0.15, -0.1) is 0 Å². The smallest absolute Gasteiger partial charge is 0.186 e.